The summed E-state index contributed by atoms with van der Waals surface area (Å²) in [7, 11) is 0. The number of aldehydes is 1. The Morgan fingerprint density at radius 3 is 2.75 bits per heavy atom. The molecule has 0 saturated carbocycles. The zero-order valence-corrected chi connectivity index (χ0v) is 12.2. The molecule has 1 fully saturated rings. The molecule has 5 heteroatoms. The van der Waals surface area contributed by atoms with E-state index in [-0.39, 0.29) is 5.91 Å². The first-order valence-corrected chi connectivity index (χ1v) is 8.01. The largest absolute Gasteiger partial charge is 0.309 e. The quantitative estimate of drug-likeness (QED) is 0.796. The van der Waals surface area contributed by atoms with Crippen molar-refractivity contribution in [1.82, 2.24) is 4.90 Å². The topological polar surface area (TPSA) is 40.6 Å². The van der Waals surface area contributed by atoms with E-state index >= 15 is 0 Å². The Morgan fingerprint density at radius 1 is 1.20 bits per heavy atom. The number of likely N-dealkylation sites (tertiary alicyclic amines) is 1. The molecule has 3 rings (SSSR count). The summed E-state index contributed by atoms with van der Waals surface area (Å²) in [6.45, 7) is 3.97. The fourth-order valence-corrected chi connectivity index (χ4v) is 3.77. The number of nitrogens with zero attached hydrogens (tertiary/aromatic N) is 2. The van der Waals surface area contributed by atoms with E-state index < -0.39 is 0 Å². The molecule has 106 valence electrons. The maximum absolute atomic E-state index is 12.1. The number of fused-ring (bicyclic) bond motifs is 1. The molecule has 0 N–H and O–H groups in total. The number of carbonyl (C=O) groups excluding carboxylic acids is 2. The van der Waals surface area contributed by atoms with E-state index in [0.29, 0.717) is 11.3 Å². The zero-order valence-electron chi connectivity index (χ0n) is 11.4. The van der Waals surface area contributed by atoms with Gasteiger partial charge in [-0.1, -0.05) is 0 Å². The van der Waals surface area contributed by atoms with Gasteiger partial charge in [0.15, 0.2) is 0 Å². The van der Waals surface area contributed by atoms with Gasteiger partial charge < -0.3 is 9.80 Å². The molecule has 0 bridgehead atoms. The van der Waals surface area contributed by atoms with Crippen LogP contribution in [0.5, 0.6) is 0 Å². The standard InChI is InChI=1S/C15H18N2O2S/c18-10-12-3-4-13-14(9-12)20-11-15(19)17(13)8-7-16-5-1-2-6-16/h3-4,9-10H,1-2,5-8,11H2. The number of amides is 1. The van der Waals surface area contributed by atoms with Crippen LogP contribution in [0.15, 0.2) is 23.1 Å². The maximum atomic E-state index is 12.1. The number of anilines is 1. The first-order valence-electron chi connectivity index (χ1n) is 7.03. The predicted octanol–water partition coefficient (Wildman–Crippen LogP) is 2.03. The van der Waals surface area contributed by atoms with Gasteiger partial charge in [0, 0.05) is 23.5 Å². The van der Waals surface area contributed by atoms with Crippen molar-refractivity contribution >= 4 is 29.6 Å². The van der Waals surface area contributed by atoms with E-state index in [4.69, 9.17) is 0 Å². The van der Waals surface area contributed by atoms with Gasteiger partial charge in [-0.2, -0.15) is 0 Å². The molecule has 1 saturated heterocycles. The van der Waals surface area contributed by atoms with Crippen LogP contribution in [0, 0.1) is 0 Å². The van der Waals surface area contributed by atoms with Gasteiger partial charge >= 0.3 is 0 Å². The van der Waals surface area contributed by atoms with E-state index in [1.165, 1.54) is 24.6 Å². The van der Waals surface area contributed by atoms with Crippen LogP contribution in [-0.2, 0) is 4.79 Å². The molecule has 1 aromatic rings. The van der Waals surface area contributed by atoms with Crippen LogP contribution in [0.3, 0.4) is 0 Å². The Labute approximate surface area is 123 Å². The fraction of sp³-hybridized carbons (Fsp3) is 0.467. The second-order valence-corrected chi connectivity index (χ2v) is 6.24. The smallest absolute Gasteiger partial charge is 0.237 e. The summed E-state index contributed by atoms with van der Waals surface area (Å²) in [5.74, 6) is 0.635. The molecular formula is C15H18N2O2S. The summed E-state index contributed by atoms with van der Waals surface area (Å²) in [4.78, 5) is 28.3. The van der Waals surface area contributed by atoms with Gasteiger partial charge in [-0.05, 0) is 44.1 Å². The van der Waals surface area contributed by atoms with Crippen molar-refractivity contribution in [3.05, 3.63) is 23.8 Å². The molecule has 1 amide bonds. The lowest BCUT2D eigenvalue weighted by molar-refractivity contribution is -0.116. The van der Waals surface area contributed by atoms with Crippen LogP contribution in [0.2, 0.25) is 0 Å². The van der Waals surface area contributed by atoms with Gasteiger partial charge in [0.25, 0.3) is 0 Å². The van der Waals surface area contributed by atoms with Gasteiger partial charge in [-0.3, -0.25) is 9.59 Å². The van der Waals surface area contributed by atoms with E-state index in [0.717, 1.165) is 43.0 Å². The summed E-state index contributed by atoms with van der Waals surface area (Å²) >= 11 is 1.52. The second-order valence-electron chi connectivity index (χ2n) is 5.23. The number of benzene rings is 1. The summed E-state index contributed by atoms with van der Waals surface area (Å²) in [5.41, 5.74) is 1.63. The lowest BCUT2D eigenvalue weighted by Crippen LogP contribution is -2.40. The molecule has 1 aromatic carbocycles. The molecule has 0 radical (unpaired) electrons. The first-order chi connectivity index (χ1) is 9.78. The lowest BCUT2D eigenvalue weighted by Gasteiger charge is -2.30. The number of thioether (sulfide) groups is 1. The third-order valence-electron chi connectivity index (χ3n) is 3.90. The summed E-state index contributed by atoms with van der Waals surface area (Å²) in [6, 6.07) is 5.56. The van der Waals surface area contributed by atoms with Gasteiger partial charge in [-0.25, -0.2) is 0 Å². The summed E-state index contributed by atoms with van der Waals surface area (Å²) < 4.78 is 0. The molecule has 0 aliphatic carbocycles. The number of rotatable bonds is 4. The highest BCUT2D eigenvalue weighted by Gasteiger charge is 2.25. The summed E-state index contributed by atoms with van der Waals surface area (Å²) in [5, 5.41) is 0. The van der Waals surface area contributed by atoms with Crippen LogP contribution in [0.25, 0.3) is 0 Å². The number of carbonyl (C=O) groups is 2. The van der Waals surface area contributed by atoms with E-state index in [9.17, 15) is 9.59 Å². The maximum Gasteiger partial charge on any atom is 0.237 e. The van der Waals surface area contributed by atoms with Gasteiger partial charge in [0.2, 0.25) is 5.91 Å². The minimum absolute atomic E-state index is 0.167. The van der Waals surface area contributed by atoms with Crippen LogP contribution < -0.4 is 4.90 Å². The van der Waals surface area contributed by atoms with Crippen molar-refractivity contribution < 1.29 is 9.59 Å². The minimum Gasteiger partial charge on any atom is -0.309 e. The van der Waals surface area contributed by atoms with E-state index in [1.54, 1.807) is 6.07 Å². The highest BCUT2D eigenvalue weighted by Crippen LogP contribution is 2.35. The van der Waals surface area contributed by atoms with E-state index in [2.05, 4.69) is 4.90 Å². The molecule has 0 unspecified atom stereocenters. The third kappa shape index (κ3) is 2.74. The molecule has 2 aliphatic rings. The van der Waals surface area contributed by atoms with Crippen molar-refractivity contribution in [2.45, 2.75) is 17.7 Å². The molecule has 0 aromatic heterocycles. The average Bonchev–Trinajstić information content (AvgIpc) is 2.99. The Hall–Kier alpha value is -1.33. The van der Waals surface area contributed by atoms with Gasteiger partial charge in [0.1, 0.15) is 6.29 Å². The van der Waals surface area contributed by atoms with Crippen LogP contribution in [0.1, 0.15) is 23.2 Å². The molecular weight excluding hydrogens is 272 g/mol. The molecule has 20 heavy (non-hydrogen) atoms. The molecule has 2 heterocycles. The van der Waals surface area contributed by atoms with Crippen LogP contribution >= 0.6 is 11.8 Å². The van der Waals surface area contributed by atoms with Crippen molar-refractivity contribution in [2.75, 3.05) is 36.8 Å². The fourth-order valence-electron chi connectivity index (χ4n) is 2.79. The van der Waals surface area contributed by atoms with Crippen molar-refractivity contribution in [3.63, 3.8) is 0 Å². The highest BCUT2D eigenvalue weighted by atomic mass is 32.2. The Kier molecular flexibility index (Phi) is 4.08. The van der Waals surface area contributed by atoms with Crippen LogP contribution in [0.4, 0.5) is 5.69 Å². The molecule has 4 nitrogen and oxygen atoms in total. The SMILES string of the molecule is O=Cc1ccc2c(c1)SCC(=O)N2CCN1CCCC1. The minimum atomic E-state index is 0.167. The van der Waals surface area contributed by atoms with Crippen LogP contribution in [-0.4, -0.2) is 49.0 Å². The Balaban J connectivity index is 1.76. The molecule has 0 atom stereocenters. The number of hydrogen-bond donors (Lipinski definition) is 0. The van der Waals surface area contributed by atoms with Gasteiger partial charge in [-0.15, -0.1) is 11.8 Å². The molecule has 2 aliphatic heterocycles. The lowest BCUT2D eigenvalue weighted by atomic mass is 10.2. The summed E-state index contributed by atoms with van der Waals surface area (Å²) in [6.07, 6.45) is 3.39. The normalized spacial score (nSPS) is 19.2. The predicted molar refractivity (Wildman–Crippen MR) is 80.6 cm³/mol. The van der Waals surface area contributed by atoms with Crippen molar-refractivity contribution in [1.29, 1.82) is 0 Å². The van der Waals surface area contributed by atoms with Crippen molar-refractivity contribution in [3.8, 4) is 0 Å². The highest BCUT2D eigenvalue weighted by molar-refractivity contribution is 8.00. The zero-order chi connectivity index (χ0) is 13.9. The number of hydrogen-bond acceptors (Lipinski definition) is 4. The average molecular weight is 290 g/mol. The molecule has 0 spiro atoms. The second kappa shape index (κ2) is 5.97. The van der Waals surface area contributed by atoms with E-state index in [1.807, 2.05) is 17.0 Å². The Morgan fingerprint density at radius 2 is 2.00 bits per heavy atom. The van der Waals surface area contributed by atoms with Gasteiger partial charge in [0.05, 0.1) is 11.4 Å². The first kappa shape index (κ1) is 13.6. The Bertz CT molecular complexity index is 527. The van der Waals surface area contributed by atoms with Crippen molar-refractivity contribution in [2.24, 2.45) is 0 Å². The monoisotopic (exact) mass is 290 g/mol. The third-order valence-corrected chi connectivity index (χ3v) is 4.93.